The second-order valence-electron chi connectivity index (χ2n) is 6.94. The first-order valence-electron chi connectivity index (χ1n) is 9.77. The SMILES string of the molecule is O=C(O)C1CCCCCCCCCCCCCCCCCN1. The van der Waals surface area contributed by atoms with Gasteiger partial charge in [0.25, 0.3) is 0 Å². The number of carboxylic acid groups (broad SMARTS) is 1. The van der Waals surface area contributed by atoms with E-state index in [1.165, 1.54) is 83.5 Å². The summed E-state index contributed by atoms with van der Waals surface area (Å²) in [5, 5.41) is 12.5. The molecule has 1 fully saturated rings. The Labute approximate surface area is 137 Å². The molecule has 0 bridgehead atoms. The lowest BCUT2D eigenvalue weighted by Crippen LogP contribution is -2.37. The third kappa shape index (κ3) is 11.1. The molecule has 1 unspecified atom stereocenters. The highest BCUT2D eigenvalue weighted by Crippen LogP contribution is 2.14. The van der Waals surface area contributed by atoms with E-state index in [-0.39, 0.29) is 6.04 Å². The van der Waals surface area contributed by atoms with Crippen molar-refractivity contribution >= 4 is 5.97 Å². The average molecular weight is 312 g/mol. The second kappa shape index (κ2) is 14.0. The summed E-state index contributed by atoms with van der Waals surface area (Å²) in [6.07, 6.45) is 20.4. The molecule has 0 amide bonds. The van der Waals surface area contributed by atoms with Crippen LogP contribution in [0.25, 0.3) is 0 Å². The van der Waals surface area contributed by atoms with E-state index >= 15 is 0 Å². The highest BCUT2D eigenvalue weighted by atomic mass is 16.4. The predicted molar refractivity (Wildman–Crippen MR) is 93.3 cm³/mol. The lowest BCUT2D eigenvalue weighted by atomic mass is 10.0. The molecule has 0 aromatic heterocycles. The maximum absolute atomic E-state index is 11.3. The molecular weight excluding hydrogens is 274 g/mol. The lowest BCUT2D eigenvalue weighted by molar-refractivity contribution is -0.139. The summed E-state index contributed by atoms with van der Waals surface area (Å²) in [6.45, 7) is 0.858. The minimum Gasteiger partial charge on any atom is -0.480 e. The molecule has 3 nitrogen and oxygen atoms in total. The van der Waals surface area contributed by atoms with Crippen molar-refractivity contribution in [2.75, 3.05) is 6.54 Å². The topological polar surface area (TPSA) is 49.3 Å². The summed E-state index contributed by atoms with van der Waals surface area (Å²) >= 11 is 0. The summed E-state index contributed by atoms with van der Waals surface area (Å²) in [4.78, 5) is 11.3. The summed E-state index contributed by atoms with van der Waals surface area (Å²) in [5.41, 5.74) is 0. The third-order valence-corrected chi connectivity index (χ3v) is 4.86. The number of aliphatic carboxylic acids is 1. The van der Waals surface area contributed by atoms with Gasteiger partial charge in [-0.1, -0.05) is 89.9 Å². The van der Waals surface area contributed by atoms with Gasteiger partial charge in [-0.3, -0.25) is 4.79 Å². The van der Waals surface area contributed by atoms with Crippen molar-refractivity contribution in [3.8, 4) is 0 Å². The highest BCUT2D eigenvalue weighted by molar-refractivity contribution is 5.73. The molecule has 0 spiro atoms. The number of carbonyl (C=O) groups is 1. The monoisotopic (exact) mass is 311 g/mol. The van der Waals surface area contributed by atoms with Crippen LogP contribution in [0.5, 0.6) is 0 Å². The van der Waals surface area contributed by atoms with Gasteiger partial charge in [-0.05, 0) is 19.4 Å². The third-order valence-electron chi connectivity index (χ3n) is 4.86. The van der Waals surface area contributed by atoms with Gasteiger partial charge in [0.2, 0.25) is 0 Å². The molecule has 0 saturated carbocycles. The summed E-state index contributed by atoms with van der Waals surface area (Å²) in [6, 6.07) is -0.331. The van der Waals surface area contributed by atoms with Crippen molar-refractivity contribution in [3.05, 3.63) is 0 Å². The fraction of sp³-hybridized carbons (Fsp3) is 0.947. The minimum absolute atomic E-state index is 0.331. The van der Waals surface area contributed by atoms with E-state index in [0.29, 0.717) is 0 Å². The molecule has 22 heavy (non-hydrogen) atoms. The molecule has 0 aromatic rings. The van der Waals surface area contributed by atoms with Crippen molar-refractivity contribution in [3.63, 3.8) is 0 Å². The van der Waals surface area contributed by atoms with Crippen molar-refractivity contribution in [1.82, 2.24) is 5.32 Å². The Kier molecular flexibility index (Phi) is 12.4. The molecule has 130 valence electrons. The number of hydrogen-bond acceptors (Lipinski definition) is 2. The van der Waals surface area contributed by atoms with Gasteiger partial charge in [0, 0.05) is 0 Å². The molecular formula is C19H37NO2. The van der Waals surface area contributed by atoms with Crippen LogP contribution in [0.3, 0.4) is 0 Å². The first kappa shape index (κ1) is 19.5. The molecule has 0 radical (unpaired) electrons. The molecule has 0 aliphatic carbocycles. The second-order valence-corrected chi connectivity index (χ2v) is 6.94. The summed E-state index contributed by atoms with van der Waals surface area (Å²) in [5.74, 6) is -0.675. The standard InChI is InChI=1S/C19H37NO2/c21-19(22)18-16-14-12-10-8-6-4-2-1-3-5-7-9-11-13-15-17-20-18/h18,20H,1-17H2,(H,21,22). The van der Waals surface area contributed by atoms with E-state index in [1.54, 1.807) is 0 Å². The maximum Gasteiger partial charge on any atom is 0.320 e. The normalized spacial score (nSPS) is 25.5. The molecule has 0 aromatic carbocycles. The van der Waals surface area contributed by atoms with Gasteiger partial charge in [0.1, 0.15) is 6.04 Å². The van der Waals surface area contributed by atoms with Crippen LogP contribution >= 0.6 is 0 Å². The van der Waals surface area contributed by atoms with E-state index in [4.69, 9.17) is 0 Å². The fourth-order valence-corrected chi connectivity index (χ4v) is 3.36. The van der Waals surface area contributed by atoms with E-state index in [9.17, 15) is 9.90 Å². The number of hydrogen-bond donors (Lipinski definition) is 2. The zero-order valence-electron chi connectivity index (χ0n) is 14.5. The zero-order valence-corrected chi connectivity index (χ0v) is 14.5. The number of carboxylic acids is 1. The van der Waals surface area contributed by atoms with Gasteiger partial charge in [-0.15, -0.1) is 0 Å². The van der Waals surface area contributed by atoms with Gasteiger partial charge < -0.3 is 10.4 Å². The van der Waals surface area contributed by atoms with Gasteiger partial charge in [0.05, 0.1) is 0 Å². The van der Waals surface area contributed by atoms with Crippen molar-refractivity contribution in [1.29, 1.82) is 0 Å². The Balaban J connectivity index is 2.23. The maximum atomic E-state index is 11.3. The van der Waals surface area contributed by atoms with Crippen molar-refractivity contribution in [2.24, 2.45) is 0 Å². The van der Waals surface area contributed by atoms with Crippen LogP contribution in [0.15, 0.2) is 0 Å². The molecule has 2 N–H and O–H groups in total. The first-order valence-corrected chi connectivity index (χ1v) is 9.77. The Morgan fingerprint density at radius 1 is 0.636 bits per heavy atom. The van der Waals surface area contributed by atoms with E-state index in [2.05, 4.69) is 5.32 Å². The Bertz CT molecular complexity index is 248. The molecule has 1 rings (SSSR count). The number of nitrogens with one attached hydrogen (secondary N) is 1. The molecule has 1 aliphatic heterocycles. The molecule has 1 atom stereocenters. The average Bonchev–Trinajstić information content (AvgIpc) is 2.50. The van der Waals surface area contributed by atoms with Crippen LogP contribution < -0.4 is 5.32 Å². The Hall–Kier alpha value is -0.570. The predicted octanol–water partition coefficient (Wildman–Crippen LogP) is 5.28. The Morgan fingerprint density at radius 3 is 1.41 bits per heavy atom. The smallest absolute Gasteiger partial charge is 0.320 e. The van der Waals surface area contributed by atoms with Crippen LogP contribution in [0, 0.1) is 0 Å². The molecule has 1 aliphatic rings. The van der Waals surface area contributed by atoms with Crippen LogP contribution in [0.4, 0.5) is 0 Å². The van der Waals surface area contributed by atoms with Crippen LogP contribution in [0.1, 0.15) is 103 Å². The quantitative estimate of drug-likeness (QED) is 0.692. The van der Waals surface area contributed by atoms with Crippen LogP contribution in [-0.4, -0.2) is 23.7 Å². The lowest BCUT2D eigenvalue weighted by Gasteiger charge is -2.14. The van der Waals surface area contributed by atoms with Crippen molar-refractivity contribution < 1.29 is 9.90 Å². The van der Waals surface area contributed by atoms with Crippen LogP contribution in [0.2, 0.25) is 0 Å². The first-order chi connectivity index (χ1) is 10.8. The Morgan fingerprint density at radius 2 is 1.00 bits per heavy atom. The van der Waals surface area contributed by atoms with Gasteiger partial charge in [-0.25, -0.2) is 0 Å². The largest absolute Gasteiger partial charge is 0.480 e. The molecule has 1 heterocycles. The van der Waals surface area contributed by atoms with E-state index < -0.39 is 5.97 Å². The molecule has 3 heteroatoms. The highest BCUT2D eigenvalue weighted by Gasteiger charge is 2.15. The number of rotatable bonds is 1. The fourth-order valence-electron chi connectivity index (χ4n) is 3.36. The summed E-state index contributed by atoms with van der Waals surface area (Å²) < 4.78 is 0. The summed E-state index contributed by atoms with van der Waals surface area (Å²) in [7, 11) is 0. The minimum atomic E-state index is -0.675. The molecule has 1 saturated heterocycles. The van der Waals surface area contributed by atoms with Gasteiger partial charge in [0.15, 0.2) is 0 Å². The van der Waals surface area contributed by atoms with Crippen molar-refractivity contribution in [2.45, 2.75) is 109 Å². The van der Waals surface area contributed by atoms with E-state index in [0.717, 1.165) is 25.8 Å². The van der Waals surface area contributed by atoms with Crippen LogP contribution in [-0.2, 0) is 4.79 Å². The van der Waals surface area contributed by atoms with E-state index in [1.807, 2.05) is 0 Å². The van der Waals surface area contributed by atoms with Gasteiger partial charge >= 0.3 is 5.97 Å². The zero-order chi connectivity index (χ0) is 15.9. The van der Waals surface area contributed by atoms with Gasteiger partial charge in [-0.2, -0.15) is 0 Å².